The molecule has 1 fully saturated rings. The van der Waals surface area contributed by atoms with Gasteiger partial charge in [0.05, 0.1) is 21.3 Å². The molecule has 8 nitrogen and oxygen atoms in total. The van der Waals surface area contributed by atoms with Gasteiger partial charge in [-0.25, -0.2) is 0 Å². The van der Waals surface area contributed by atoms with Crippen molar-refractivity contribution < 1.29 is 28.5 Å². The average Bonchev–Trinajstić information content (AvgIpc) is 3.18. The Morgan fingerprint density at radius 3 is 2.26 bits per heavy atom. The van der Waals surface area contributed by atoms with E-state index in [0.29, 0.717) is 22.8 Å². The summed E-state index contributed by atoms with van der Waals surface area (Å²) in [5, 5.41) is 2.89. The monoisotopic (exact) mass is 460 g/mol. The van der Waals surface area contributed by atoms with Gasteiger partial charge in [-0.15, -0.1) is 10.1 Å². The molecule has 2 atom stereocenters. The van der Waals surface area contributed by atoms with Crippen molar-refractivity contribution in [1.29, 1.82) is 0 Å². The third-order valence-electron chi connectivity index (χ3n) is 5.61. The number of amides is 2. The third kappa shape index (κ3) is 4.71. The van der Waals surface area contributed by atoms with Gasteiger partial charge in [0.25, 0.3) is 5.91 Å². The van der Waals surface area contributed by atoms with E-state index in [9.17, 15) is 9.59 Å². The molecule has 8 heteroatoms. The summed E-state index contributed by atoms with van der Waals surface area (Å²) < 4.78 is 17.6. The van der Waals surface area contributed by atoms with E-state index < -0.39 is 12.1 Å². The molecule has 1 aliphatic heterocycles. The molecule has 1 heterocycles. The minimum absolute atomic E-state index is 0.313. The van der Waals surface area contributed by atoms with Gasteiger partial charge in [-0.2, -0.15) is 0 Å². The quantitative estimate of drug-likeness (QED) is 0.530. The second-order valence-electron chi connectivity index (χ2n) is 7.66. The molecule has 1 aliphatic rings. The number of nitrogens with one attached hydrogen (secondary N) is 2. The Labute approximate surface area is 197 Å². The van der Waals surface area contributed by atoms with Gasteiger partial charge in [0.15, 0.2) is 17.5 Å². The molecule has 0 unspecified atom stereocenters. The van der Waals surface area contributed by atoms with Crippen LogP contribution in [0.15, 0.2) is 72.8 Å². The number of ether oxygens (including phenoxy) is 3. The number of nitrogens with zero attached hydrogens (tertiary/aromatic N) is 1. The van der Waals surface area contributed by atoms with E-state index in [2.05, 4.69) is 10.7 Å². The predicted octanol–water partition coefficient (Wildman–Crippen LogP) is 2.73. The first-order valence-corrected chi connectivity index (χ1v) is 10.7. The number of rotatable bonds is 7. The van der Waals surface area contributed by atoms with Crippen molar-refractivity contribution in [3.63, 3.8) is 0 Å². The van der Waals surface area contributed by atoms with Crippen LogP contribution in [0.5, 0.6) is 17.2 Å². The van der Waals surface area contributed by atoms with Crippen LogP contribution in [0, 0.1) is 0 Å². The molecule has 0 aromatic heterocycles. The van der Waals surface area contributed by atoms with Crippen molar-refractivity contribution in [2.24, 2.45) is 0 Å². The zero-order valence-electron chi connectivity index (χ0n) is 19.1. The molecule has 2 amide bonds. The van der Waals surface area contributed by atoms with Crippen LogP contribution in [-0.2, 0) is 4.79 Å². The Morgan fingerprint density at radius 2 is 1.62 bits per heavy atom. The van der Waals surface area contributed by atoms with Gasteiger partial charge in [0, 0.05) is 16.7 Å². The largest absolute Gasteiger partial charge is 0.497 e. The van der Waals surface area contributed by atoms with E-state index in [1.54, 1.807) is 62.6 Å². The maximum absolute atomic E-state index is 13.0. The highest BCUT2D eigenvalue weighted by Gasteiger charge is 2.47. The fraction of sp³-hybridized carbons (Fsp3) is 0.192. The Morgan fingerprint density at radius 1 is 0.912 bits per heavy atom. The highest BCUT2D eigenvalue weighted by atomic mass is 16.5. The standard InChI is InChI=1S/C26H25N3O5/c1-32-20-12-10-19(11-13-20)25(30)27-23-24(18-7-5-4-6-8-18)29(28-26(23)31)16-17-9-14-21(33-2)22(15-17)34-3/h4-16,23-24H,1-3H3,(H-,27,28,30,31)/p+1/b29-16-/t23-,24-/m0/s1. The molecule has 2 N–H and O–H groups in total. The topological polar surface area (TPSA) is 88.9 Å². The SMILES string of the molecule is COc1ccc(C(=O)N[C@@H]2C(=O)N/[N+](=C\c3ccc(OC)c(OC)c3)[C@H]2c2ccccc2)cc1. The minimum atomic E-state index is -0.812. The van der Waals surface area contributed by atoms with Crippen LogP contribution in [0.1, 0.15) is 27.5 Å². The number of carbonyl (C=O) groups excluding carboxylic acids is 2. The molecule has 4 rings (SSSR count). The van der Waals surface area contributed by atoms with Crippen LogP contribution in [0.4, 0.5) is 0 Å². The van der Waals surface area contributed by atoms with Crippen LogP contribution >= 0.6 is 0 Å². The Bertz CT molecular complexity index is 1210. The molecule has 0 radical (unpaired) electrons. The second kappa shape index (κ2) is 10.1. The molecular formula is C26H26N3O5+. The van der Waals surface area contributed by atoms with Crippen molar-refractivity contribution in [3.05, 3.63) is 89.5 Å². The second-order valence-corrected chi connectivity index (χ2v) is 7.66. The number of hydrazone groups is 1. The first kappa shape index (κ1) is 22.8. The summed E-state index contributed by atoms with van der Waals surface area (Å²) in [7, 11) is 4.70. The van der Waals surface area contributed by atoms with Gasteiger partial charge in [0.2, 0.25) is 12.3 Å². The van der Waals surface area contributed by atoms with Gasteiger partial charge in [0.1, 0.15) is 5.75 Å². The van der Waals surface area contributed by atoms with Gasteiger partial charge >= 0.3 is 5.91 Å². The maximum atomic E-state index is 13.0. The van der Waals surface area contributed by atoms with Crippen LogP contribution in [0.3, 0.4) is 0 Å². The van der Waals surface area contributed by atoms with E-state index in [1.165, 1.54) is 0 Å². The lowest BCUT2D eigenvalue weighted by Crippen LogP contribution is -2.42. The number of benzene rings is 3. The molecule has 34 heavy (non-hydrogen) atoms. The molecule has 3 aromatic carbocycles. The maximum Gasteiger partial charge on any atom is 0.304 e. The summed E-state index contributed by atoms with van der Waals surface area (Å²) in [6, 6.07) is 20.5. The summed E-state index contributed by atoms with van der Waals surface area (Å²) in [6.45, 7) is 0. The molecule has 0 bridgehead atoms. The zero-order valence-corrected chi connectivity index (χ0v) is 19.1. The van der Waals surface area contributed by atoms with Gasteiger partial charge in [-0.1, -0.05) is 30.3 Å². The highest BCUT2D eigenvalue weighted by molar-refractivity contribution is 5.98. The van der Waals surface area contributed by atoms with E-state index in [0.717, 1.165) is 11.1 Å². The lowest BCUT2D eigenvalue weighted by molar-refractivity contribution is -0.596. The van der Waals surface area contributed by atoms with Crippen LogP contribution < -0.4 is 25.0 Å². The van der Waals surface area contributed by atoms with Gasteiger partial charge < -0.3 is 19.5 Å². The van der Waals surface area contributed by atoms with E-state index in [4.69, 9.17) is 14.2 Å². The number of carbonyl (C=O) groups is 2. The van der Waals surface area contributed by atoms with Gasteiger partial charge in [-0.3, -0.25) is 9.59 Å². The molecule has 1 saturated heterocycles. The number of hydrogen-bond donors (Lipinski definition) is 2. The lowest BCUT2D eigenvalue weighted by atomic mass is 10.00. The number of hydrazine groups is 1. The fourth-order valence-electron chi connectivity index (χ4n) is 3.89. The molecular weight excluding hydrogens is 434 g/mol. The number of hydrogen-bond acceptors (Lipinski definition) is 5. The summed E-state index contributed by atoms with van der Waals surface area (Å²) in [4.78, 5) is 25.9. The van der Waals surface area contributed by atoms with Crippen molar-refractivity contribution >= 4 is 18.0 Å². The smallest absolute Gasteiger partial charge is 0.304 e. The molecule has 0 saturated carbocycles. The first-order chi connectivity index (χ1) is 16.5. The first-order valence-electron chi connectivity index (χ1n) is 10.7. The number of methoxy groups -OCH3 is 3. The highest BCUT2D eigenvalue weighted by Crippen LogP contribution is 2.29. The molecule has 3 aromatic rings. The molecule has 174 valence electrons. The summed E-state index contributed by atoms with van der Waals surface area (Å²) >= 11 is 0. The molecule has 0 aliphatic carbocycles. The lowest BCUT2D eigenvalue weighted by Gasteiger charge is -2.15. The van der Waals surface area contributed by atoms with Crippen molar-refractivity contribution in [2.75, 3.05) is 21.3 Å². The summed E-state index contributed by atoms with van der Waals surface area (Å²) in [5.41, 5.74) is 4.97. The van der Waals surface area contributed by atoms with E-state index >= 15 is 0 Å². The average molecular weight is 461 g/mol. The van der Waals surface area contributed by atoms with Gasteiger partial charge in [-0.05, 0) is 42.5 Å². The third-order valence-corrected chi connectivity index (χ3v) is 5.61. The summed E-state index contributed by atoms with van der Waals surface area (Å²) in [5.74, 6) is 1.16. The minimum Gasteiger partial charge on any atom is -0.497 e. The predicted molar refractivity (Wildman–Crippen MR) is 127 cm³/mol. The van der Waals surface area contributed by atoms with Crippen molar-refractivity contribution in [3.8, 4) is 17.2 Å². The zero-order chi connectivity index (χ0) is 24.1. The Kier molecular flexibility index (Phi) is 6.77. The normalized spacial score (nSPS) is 18.3. The van der Waals surface area contributed by atoms with Crippen molar-refractivity contribution in [2.45, 2.75) is 12.1 Å². The Hall–Kier alpha value is -4.33. The van der Waals surface area contributed by atoms with Crippen LogP contribution in [0.25, 0.3) is 0 Å². The fourth-order valence-corrected chi connectivity index (χ4v) is 3.89. The van der Waals surface area contributed by atoms with Crippen LogP contribution in [0.2, 0.25) is 0 Å². The Balaban J connectivity index is 1.67. The van der Waals surface area contributed by atoms with E-state index in [1.807, 2.05) is 42.5 Å². The van der Waals surface area contributed by atoms with E-state index in [-0.39, 0.29) is 11.8 Å². The molecule has 0 spiro atoms. The summed E-state index contributed by atoms with van der Waals surface area (Å²) in [6.07, 6.45) is 1.80. The van der Waals surface area contributed by atoms with Crippen molar-refractivity contribution in [1.82, 2.24) is 10.7 Å². The van der Waals surface area contributed by atoms with Crippen LogP contribution in [-0.4, -0.2) is 50.1 Å².